The fraction of sp³-hybridized carbons (Fsp3) is 0.222. The fourth-order valence-electron chi connectivity index (χ4n) is 2.61. The quantitative estimate of drug-likeness (QED) is 0.910. The highest BCUT2D eigenvalue weighted by atomic mass is 16.5. The molecule has 0 atom stereocenters. The Labute approximate surface area is 140 Å². The summed E-state index contributed by atoms with van der Waals surface area (Å²) >= 11 is 0. The van der Waals surface area contributed by atoms with E-state index in [2.05, 4.69) is 5.32 Å². The van der Waals surface area contributed by atoms with Crippen LogP contribution in [0.5, 0.6) is 11.5 Å². The molecule has 6 heteroatoms. The van der Waals surface area contributed by atoms with Crippen molar-refractivity contribution >= 4 is 17.5 Å². The van der Waals surface area contributed by atoms with Crippen LogP contribution in [0.4, 0.5) is 5.69 Å². The maximum atomic E-state index is 12.3. The predicted molar refractivity (Wildman–Crippen MR) is 89.6 cm³/mol. The third-order valence-electron chi connectivity index (χ3n) is 3.78. The van der Waals surface area contributed by atoms with E-state index in [1.807, 2.05) is 24.3 Å². The van der Waals surface area contributed by atoms with Gasteiger partial charge in [-0.1, -0.05) is 24.3 Å². The van der Waals surface area contributed by atoms with Crippen molar-refractivity contribution in [1.82, 2.24) is 5.32 Å². The molecule has 0 aromatic heterocycles. The number of para-hydroxylation sites is 3. The largest absolute Gasteiger partial charge is 0.496 e. The summed E-state index contributed by atoms with van der Waals surface area (Å²) in [7, 11) is 1.52. The van der Waals surface area contributed by atoms with Crippen molar-refractivity contribution in [1.29, 1.82) is 0 Å². The lowest BCUT2D eigenvalue weighted by molar-refractivity contribution is -0.121. The van der Waals surface area contributed by atoms with Crippen LogP contribution in [0.2, 0.25) is 0 Å². The molecule has 3 rings (SSSR count). The van der Waals surface area contributed by atoms with Crippen LogP contribution in [-0.4, -0.2) is 38.6 Å². The highest BCUT2D eigenvalue weighted by molar-refractivity contribution is 5.98. The predicted octanol–water partition coefficient (Wildman–Crippen LogP) is 1.85. The van der Waals surface area contributed by atoms with Gasteiger partial charge in [0.15, 0.2) is 6.61 Å². The van der Waals surface area contributed by atoms with Crippen LogP contribution in [0, 0.1) is 0 Å². The Morgan fingerprint density at radius 3 is 2.79 bits per heavy atom. The van der Waals surface area contributed by atoms with E-state index in [1.165, 1.54) is 7.11 Å². The number of benzene rings is 2. The molecule has 24 heavy (non-hydrogen) atoms. The molecule has 6 nitrogen and oxygen atoms in total. The number of rotatable bonds is 5. The molecule has 2 aromatic carbocycles. The second-order valence-electron chi connectivity index (χ2n) is 5.26. The summed E-state index contributed by atoms with van der Waals surface area (Å²) in [5, 5.41) is 2.82. The minimum atomic E-state index is -0.235. The molecule has 124 valence electrons. The van der Waals surface area contributed by atoms with Crippen molar-refractivity contribution in [2.24, 2.45) is 0 Å². The number of fused-ring (bicyclic) bond motifs is 1. The zero-order chi connectivity index (χ0) is 16.9. The zero-order valence-electron chi connectivity index (χ0n) is 13.3. The standard InChI is InChI=1S/C18H18N2O4/c1-23-15-8-4-2-6-13(15)18(22)19-10-11-20-14-7-3-5-9-16(14)24-12-17(20)21/h2-9H,10-12H2,1H3,(H,19,22). The number of ether oxygens (including phenoxy) is 2. The van der Waals surface area contributed by atoms with E-state index in [0.29, 0.717) is 30.2 Å². The number of carbonyl (C=O) groups is 2. The van der Waals surface area contributed by atoms with Crippen LogP contribution in [0.25, 0.3) is 0 Å². The van der Waals surface area contributed by atoms with E-state index in [1.54, 1.807) is 29.2 Å². The Kier molecular flexibility index (Phi) is 4.65. The number of methoxy groups -OCH3 is 1. The third kappa shape index (κ3) is 3.17. The molecule has 0 fully saturated rings. The van der Waals surface area contributed by atoms with Gasteiger partial charge in [-0.05, 0) is 24.3 Å². The molecule has 0 radical (unpaired) electrons. The second-order valence-corrected chi connectivity index (χ2v) is 5.26. The molecule has 0 unspecified atom stereocenters. The van der Waals surface area contributed by atoms with Gasteiger partial charge < -0.3 is 19.7 Å². The third-order valence-corrected chi connectivity index (χ3v) is 3.78. The summed E-state index contributed by atoms with van der Waals surface area (Å²) in [5.41, 5.74) is 1.19. The first-order valence-corrected chi connectivity index (χ1v) is 7.64. The van der Waals surface area contributed by atoms with Gasteiger partial charge in [-0.3, -0.25) is 9.59 Å². The zero-order valence-corrected chi connectivity index (χ0v) is 13.3. The molecule has 2 aromatic rings. The molecule has 2 amide bonds. The molecule has 0 bridgehead atoms. The number of carbonyl (C=O) groups excluding carboxylic acids is 2. The molecule has 0 spiro atoms. The van der Waals surface area contributed by atoms with Crippen LogP contribution >= 0.6 is 0 Å². The van der Waals surface area contributed by atoms with Gasteiger partial charge in [-0.25, -0.2) is 0 Å². The number of anilines is 1. The van der Waals surface area contributed by atoms with E-state index in [9.17, 15) is 9.59 Å². The summed E-state index contributed by atoms with van der Waals surface area (Å²) in [6.45, 7) is 0.717. The summed E-state index contributed by atoms with van der Waals surface area (Å²) in [6.07, 6.45) is 0. The number of nitrogens with zero attached hydrogens (tertiary/aromatic N) is 1. The van der Waals surface area contributed by atoms with Crippen LogP contribution in [0.1, 0.15) is 10.4 Å². The van der Waals surface area contributed by atoms with E-state index in [-0.39, 0.29) is 18.4 Å². The highest BCUT2D eigenvalue weighted by Crippen LogP contribution is 2.31. The van der Waals surface area contributed by atoms with Crippen molar-refractivity contribution in [3.8, 4) is 11.5 Å². The first-order valence-electron chi connectivity index (χ1n) is 7.64. The summed E-state index contributed by atoms with van der Waals surface area (Å²) in [4.78, 5) is 26.0. The van der Waals surface area contributed by atoms with E-state index < -0.39 is 0 Å². The Morgan fingerprint density at radius 1 is 1.21 bits per heavy atom. The molecule has 0 aliphatic carbocycles. The smallest absolute Gasteiger partial charge is 0.265 e. The first kappa shape index (κ1) is 15.9. The Hall–Kier alpha value is -3.02. The summed E-state index contributed by atoms with van der Waals surface area (Å²) < 4.78 is 10.6. The minimum Gasteiger partial charge on any atom is -0.496 e. The van der Waals surface area contributed by atoms with Crippen LogP contribution in [0.15, 0.2) is 48.5 Å². The molecule has 0 saturated carbocycles. The molecule has 1 N–H and O–H groups in total. The summed E-state index contributed by atoms with van der Waals surface area (Å²) in [6, 6.07) is 14.4. The lowest BCUT2D eigenvalue weighted by Crippen LogP contribution is -2.43. The molecule has 1 aliphatic heterocycles. The van der Waals surface area contributed by atoms with E-state index in [4.69, 9.17) is 9.47 Å². The van der Waals surface area contributed by atoms with Crippen molar-refractivity contribution in [3.05, 3.63) is 54.1 Å². The second kappa shape index (κ2) is 7.04. The topological polar surface area (TPSA) is 67.9 Å². The van der Waals surface area contributed by atoms with Gasteiger partial charge in [0, 0.05) is 13.1 Å². The average molecular weight is 326 g/mol. The number of hydrogen-bond donors (Lipinski definition) is 1. The van der Waals surface area contributed by atoms with Crippen LogP contribution in [0.3, 0.4) is 0 Å². The van der Waals surface area contributed by atoms with Gasteiger partial charge in [0.05, 0.1) is 18.4 Å². The first-order chi connectivity index (χ1) is 11.7. The molecule has 1 aliphatic rings. The van der Waals surface area contributed by atoms with Gasteiger partial charge >= 0.3 is 0 Å². The van der Waals surface area contributed by atoms with Gasteiger partial charge in [0.25, 0.3) is 11.8 Å². The normalized spacial score (nSPS) is 13.0. The lowest BCUT2D eigenvalue weighted by Gasteiger charge is -2.29. The molecular weight excluding hydrogens is 308 g/mol. The van der Waals surface area contributed by atoms with Crippen LogP contribution < -0.4 is 19.7 Å². The number of nitrogens with one attached hydrogen (secondary N) is 1. The molecular formula is C18H18N2O4. The fourth-order valence-corrected chi connectivity index (χ4v) is 2.61. The maximum absolute atomic E-state index is 12.3. The maximum Gasteiger partial charge on any atom is 0.265 e. The summed E-state index contributed by atoms with van der Waals surface area (Å²) in [5.74, 6) is 0.831. The number of amides is 2. The molecule has 0 saturated heterocycles. The average Bonchev–Trinajstić information content (AvgIpc) is 2.63. The van der Waals surface area contributed by atoms with E-state index in [0.717, 1.165) is 5.69 Å². The van der Waals surface area contributed by atoms with Crippen molar-refractivity contribution in [2.45, 2.75) is 0 Å². The van der Waals surface area contributed by atoms with Crippen molar-refractivity contribution in [3.63, 3.8) is 0 Å². The van der Waals surface area contributed by atoms with E-state index >= 15 is 0 Å². The van der Waals surface area contributed by atoms with Crippen LogP contribution in [-0.2, 0) is 4.79 Å². The van der Waals surface area contributed by atoms with Crippen molar-refractivity contribution in [2.75, 3.05) is 31.7 Å². The monoisotopic (exact) mass is 326 g/mol. The van der Waals surface area contributed by atoms with Gasteiger partial charge in [-0.2, -0.15) is 0 Å². The minimum absolute atomic E-state index is 0.0114. The Bertz CT molecular complexity index is 760. The molecule has 1 heterocycles. The lowest BCUT2D eigenvalue weighted by atomic mass is 10.2. The van der Waals surface area contributed by atoms with Crippen molar-refractivity contribution < 1.29 is 19.1 Å². The Morgan fingerprint density at radius 2 is 1.96 bits per heavy atom. The van der Waals surface area contributed by atoms with Gasteiger partial charge in [-0.15, -0.1) is 0 Å². The Balaban J connectivity index is 1.64. The van der Waals surface area contributed by atoms with Gasteiger partial charge in [0.1, 0.15) is 11.5 Å². The number of hydrogen-bond acceptors (Lipinski definition) is 4. The SMILES string of the molecule is COc1ccccc1C(=O)NCCN1C(=O)COc2ccccc21. The van der Waals surface area contributed by atoms with Gasteiger partial charge in [0.2, 0.25) is 0 Å². The highest BCUT2D eigenvalue weighted by Gasteiger charge is 2.24.